The number of methoxy groups -OCH3 is 3. The Morgan fingerprint density at radius 1 is 0.651 bits per heavy atom. The second-order valence-corrected chi connectivity index (χ2v) is 14.9. The minimum Gasteiger partial charge on any atom is -0.497 e. The first-order chi connectivity index (χ1) is 30.5. The number of carbonyl (C=O) groups is 2. The summed E-state index contributed by atoms with van der Waals surface area (Å²) in [4.78, 5) is 34.6. The van der Waals surface area contributed by atoms with Crippen LogP contribution in [0.25, 0.3) is 44.3 Å². The number of ether oxygens (including phenoxy) is 3. The van der Waals surface area contributed by atoms with Gasteiger partial charge in [-0.25, -0.2) is 0 Å². The molecule has 0 saturated heterocycles. The summed E-state index contributed by atoms with van der Waals surface area (Å²) < 4.78 is 21.1. The Bertz CT molecular complexity index is 3120. The third kappa shape index (κ3) is 9.00. The highest BCUT2D eigenvalue weighted by Crippen LogP contribution is 2.37. The minimum atomic E-state index is -0.349. The topological polar surface area (TPSA) is 194 Å². The molecule has 0 radical (unpaired) electrons. The van der Waals surface area contributed by atoms with E-state index in [1.54, 1.807) is 117 Å². The molecular weight excluding hydrogens is 847 g/mol. The van der Waals surface area contributed by atoms with Crippen molar-refractivity contribution in [1.82, 2.24) is 49.5 Å². The van der Waals surface area contributed by atoms with Crippen molar-refractivity contribution in [3.8, 4) is 39.8 Å². The number of amides is 2. The highest BCUT2D eigenvalue weighted by molar-refractivity contribution is 6.31. The van der Waals surface area contributed by atoms with Crippen LogP contribution in [0.4, 0.5) is 11.4 Å². The standard InChI is InChI=1S/C26H23ClN6O3.C18H15ClN6O2/c1-32-15-22(25(30-32)20-10-18(27)6-9-23(20)36-3)29-26(34)21-12-28-11-17-14-33(31-24(17)21)13-16-4-7-19(35-2)8-5-16;1-25-9-14(17(24-25)12-5-11(19)3-4-15(12)27-2)22-18(26)13-8-20-6-10-7-21-23-16(10)13/h4-12,14-15H,13H2,1-3H3,(H,29,34);3-9H,1-2H3,(H,21,23)(H,22,26). The van der Waals surface area contributed by atoms with Gasteiger partial charge in [-0.05, 0) is 54.1 Å². The molecule has 19 heteroatoms. The van der Waals surface area contributed by atoms with Gasteiger partial charge in [0.1, 0.15) is 34.2 Å². The van der Waals surface area contributed by atoms with Crippen molar-refractivity contribution in [1.29, 1.82) is 0 Å². The van der Waals surface area contributed by atoms with Crippen LogP contribution in [0.1, 0.15) is 26.3 Å². The molecule has 0 fully saturated rings. The van der Waals surface area contributed by atoms with Crippen LogP contribution in [-0.4, -0.2) is 82.7 Å². The summed E-state index contributed by atoms with van der Waals surface area (Å²) in [6, 6.07) is 18.2. The van der Waals surface area contributed by atoms with Gasteiger partial charge in [0.25, 0.3) is 11.8 Å². The Hall–Kier alpha value is -7.76. The largest absolute Gasteiger partial charge is 0.497 e. The van der Waals surface area contributed by atoms with E-state index in [0.717, 1.165) is 22.1 Å². The highest BCUT2D eigenvalue weighted by atomic mass is 35.5. The number of hydrogen-bond acceptors (Lipinski definition) is 11. The average molecular weight is 886 g/mol. The normalized spacial score (nSPS) is 11.0. The number of nitrogens with zero attached hydrogens (tertiary/aromatic N) is 9. The number of carbonyl (C=O) groups excluding carboxylic acids is 2. The van der Waals surface area contributed by atoms with Gasteiger partial charge in [0.15, 0.2) is 0 Å². The maximum Gasteiger partial charge on any atom is 0.259 e. The third-order valence-electron chi connectivity index (χ3n) is 9.80. The van der Waals surface area contributed by atoms with Crippen LogP contribution in [0.3, 0.4) is 0 Å². The summed E-state index contributed by atoms with van der Waals surface area (Å²) in [5, 5.41) is 28.9. The van der Waals surface area contributed by atoms with E-state index >= 15 is 0 Å². The Morgan fingerprint density at radius 3 is 1.78 bits per heavy atom. The van der Waals surface area contributed by atoms with E-state index in [-0.39, 0.29) is 11.8 Å². The van der Waals surface area contributed by atoms with E-state index < -0.39 is 0 Å². The third-order valence-corrected chi connectivity index (χ3v) is 10.3. The van der Waals surface area contributed by atoms with E-state index in [1.165, 1.54) is 12.4 Å². The second kappa shape index (κ2) is 18.1. The van der Waals surface area contributed by atoms with Crippen LogP contribution in [0, 0.1) is 0 Å². The lowest BCUT2D eigenvalue weighted by Crippen LogP contribution is -2.13. The molecule has 0 saturated carbocycles. The van der Waals surface area contributed by atoms with Crippen molar-refractivity contribution in [3.63, 3.8) is 0 Å². The van der Waals surface area contributed by atoms with Gasteiger partial charge in [0.05, 0.1) is 62.1 Å². The minimum absolute atomic E-state index is 0.326. The number of aryl methyl sites for hydroxylation is 2. The van der Waals surface area contributed by atoms with Crippen molar-refractivity contribution in [2.45, 2.75) is 6.54 Å². The Balaban J connectivity index is 0.000000180. The van der Waals surface area contributed by atoms with Crippen molar-refractivity contribution in [2.24, 2.45) is 14.1 Å². The summed E-state index contributed by atoms with van der Waals surface area (Å²) in [6.07, 6.45) is 13.3. The number of pyridine rings is 2. The molecule has 63 heavy (non-hydrogen) atoms. The molecule has 0 aliphatic heterocycles. The molecule has 3 aromatic carbocycles. The first-order valence-electron chi connectivity index (χ1n) is 19.1. The number of halogens is 2. The maximum absolute atomic E-state index is 13.4. The van der Waals surface area contributed by atoms with Crippen LogP contribution in [0.15, 0.2) is 110 Å². The fourth-order valence-electron chi connectivity index (χ4n) is 6.86. The molecule has 0 atom stereocenters. The lowest BCUT2D eigenvalue weighted by Gasteiger charge is -2.10. The fourth-order valence-corrected chi connectivity index (χ4v) is 7.21. The molecular formula is C44H38Cl2N12O5. The number of hydrogen-bond donors (Lipinski definition) is 3. The fraction of sp³-hybridized carbons (Fsp3) is 0.136. The van der Waals surface area contributed by atoms with Crippen LogP contribution in [0.2, 0.25) is 10.0 Å². The van der Waals surface area contributed by atoms with Gasteiger partial charge in [-0.2, -0.15) is 20.4 Å². The maximum atomic E-state index is 13.4. The number of anilines is 2. The van der Waals surface area contributed by atoms with E-state index in [9.17, 15) is 9.59 Å². The molecule has 0 spiro atoms. The molecule has 0 aliphatic carbocycles. The van der Waals surface area contributed by atoms with E-state index in [0.29, 0.717) is 84.1 Å². The van der Waals surface area contributed by atoms with E-state index in [2.05, 4.69) is 46.1 Å². The Labute approximate surface area is 369 Å². The van der Waals surface area contributed by atoms with Crippen LogP contribution < -0.4 is 24.8 Å². The van der Waals surface area contributed by atoms with Gasteiger partial charge in [-0.3, -0.25) is 38.7 Å². The van der Waals surface area contributed by atoms with Crippen molar-refractivity contribution in [2.75, 3.05) is 32.0 Å². The van der Waals surface area contributed by atoms with E-state index in [4.69, 9.17) is 37.4 Å². The Morgan fingerprint density at radius 2 is 1.21 bits per heavy atom. The number of fused-ring (bicyclic) bond motifs is 2. The van der Waals surface area contributed by atoms with Gasteiger partial charge in [-0.15, -0.1) is 0 Å². The number of aromatic nitrogens is 10. The van der Waals surface area contributed by atoms with Gasteiger partial charge >= 0.3 is 0 Å². The molecule has 0 bridgehead atoms. The predicted molar refractivity (Wildman–Crippen MR) is 240 cm³/mol. The Kier molecular flexibility index (Phi) is 12.0. The monoisotopic (exact) mass is 884 g/mol. The molecule has 6 heterocycles. The van der Waals surface area contributed by atoms with Gasteiger partial charge in [0, 0.05) is 89.4 Å². The molecule has 0 unspecified atom stereocenters. The molecule has 318 valence electrons. The van der Waals surface area contributed by atoms with Crippen LogP contribution >= 0.6 is 23.2 Å². The predicted octanol–water partition coefficient (Wildman–Crippen LogP) is 8.08. The van der Waals surface area contributed by atoms with Crippen molar-refractivity contribution >= 4 is 68.2 Å². The number of aromatic amines is 1. The zero-order valence-corrected chi connectivity index (χ0v) is 35.9. The SMILES string of the molecule is COc1ccc(Cl)cc1-c1nn(C)cc1NC(=O)c1cncc2cn[nH]c12.COc1ccc(Cn2cc3cncc(C(=O)Nc4cn(C)nc4-c4cc(Cl)ccc4OC)c3n2)cc1. The lowest BCUT2D eigenvalue weighted by molar-refractivity contribution is 0.101. The second-order valence-electron chi connectivity index (χ2n) is 14.0. The van der Waals surface area contributed by atoms with Crippen LogP contribution in [-0.2, 0) is 20.6 Å². The van der Waals surface area contributed by atoms with Crippen molar-refractivity contribution in [3.05, 3.63) is 137 Å². The summed E-state index contributed by atoms with van der Waals surface area (Å²) in [7, 11) is 8.32. The number of rotatable bonds is 11. The van der Waals surface area contributed by atoms with Gasteiger partial charge in [-0.1, -0.05) is 35.3 Å². The molecule has 3 N–H and O–H groups in total. The molecule has 6 aromatic heterocycles. The lowest BCUT2D eigenvalue weighted by atomic mass is 10.1. The van der Waals surface area contributed by atoms with Crippen LogP contribution in [0.5, 0.6) is 17.2 Å². The smallest absolute Gasteiger partial charge is 0.259 e. The zero-order chi connectivity index (χ0) is 44.2. The van der Waals surface area contributed by atoms with Gasteiger partial charge < -0.3 is 24.8 Å². The van der Waals surface area contributed by atoms with Gasteiger partial charge in [0.2, 0.25) is 0 Å². The summed E-state index contributed by atoms with van der Waals surface area (Å²) in [6.45, 7) is 0.543. The molecule has 9 rings (SSSR count). The number of benzene rings is 3. The first-order valence-corrected chi connectivity index (χ1v) is 19.9. The number of H-pyrrole nitrogens is 1. The molecule has 9 aromatic rings. The highest BCUT2D eigenvalue weighted by Gasteiger charge is 2.22. The number of nitrogens with one attached hydrogen (secondary N) is 3. The van der Waals surface area contributed by atoms with E-state index in [1.807, 2.05) is 30.5 Å². The first kappa shape index (κ1) is 42.0. The quantitative estimate of drug-likeness (QED) is 0.114. The molecule has 17 nitrogen and oxygen atoms in total. The summed E-state index contributed by atoms with van der Waals surface area (Å²) in [5.74, 6) is 1.31. The van der Waals surface area contributed by atoms with Crippen molar-refractivity contribution < 1.29 is 23.8 Å². The molecule has 2 amide bonds. The molecule has 0 aliphatic rings. The average Bonchev–Trinajstić information content (AvgIpc) is 4.09. The zero-order valence-electron chi connectivity index (χ0n) is 34.4. The summed E-state index contributed by atoms with van der Waals surface area (Å²) >= 11 is 12.4. The summed E-state index contributed by atoms with van der Waals surface area (Å²) in [5.41, 5.74) is 6.45.